The standard InChI is InChI=1S/C28H28N2O/c1-17-9-10-20-11-12-24-26(22(20)14-17)30(23-8-7-13-29-27(23)31-24)25-18(2)15-21(16-19(25)3)28(4,5)6/h7-16H,1-6H3. The highest BCUT2D eigenvalue weighted by Gasteiger charge is 2.31. The smallest absolute Gasteiger partial charge is 0.243 e. The van der Waals surface area contributed by atoms with Gasteiger partial charge in [-0.3, -0.25) is 0 Å². The predicted octanol–water partition coefficient (Wildman–Crippen LogP) is 8.03. The first kappa shape index (κ1) is 19.6. The van der Waals surface area contributed by atoms with Crippen molar-refractivity contribution in [1.29, 1.82) is 0 Å². The zero-order valence-electron chi connectivity index (χ0n) is 19.1. The van der Waals surface area contributed by atoms with Crippen LogP contribution in [0.2, 0.25) is 0 Å². The summed E-state index contributed by atoms with van der Waals surface area (Å²) in [6, 6.07) is 19.5. The Kier molecular flexibility index (Phi) is 4.33. The number of fused-ring (bicyclic) bond motifs is 4. The molecule has 1 aliphatic rings. The second kappa shape index (κ2) is 6.84. The van der Waals surface area contributed by atoms with E-state index in [0.717, 1.165) is 17.1 Å². The third-order valence-corrected chi connectivity index (χ3v) is 6.11. The number of pyridine rings is 1. The first-order chi connectivity index (χ1) is 14.7. The molecule has 3 aromatic carbocycles. The van der Waals surface area contributed by atoms with Crippen LogP contribution in [0.25, 0.3) is 10.8 Å². The zero-order chi connectivity index (χ0) is 21.9. The number of hydrogen-bond donors (Lipinski definition) is 0. The lowest BCUT2D eigenvalue weighted by Gasteiger charge is -2.35. The summed E-state index contributed by atoms with van der Waals surface area (Å²) in [5, 5.41) is 2.39. The van der Waals surface area contributed by atoms with Crippen molar-refractivity contribution < 1.29 is 4.74 Å². The quantitative estimate of drug-likeness (QED) is 0.281. The minimum Gasteiger partial charge on any atom is -0.435 e. The van der Waals surface area contributed by atoms with Gasteiger partial charge in [-0.25, -0.2) is 4.98 Å². The number of aryl methyl sites for hydroxylation is 3. The molecule has 31 heavy (non-hydrogen) atoms. The molecule has 4 aromatic rings. The highest BCUT2D eigenvalue weighted by Crippen LogP contribution is 2.53. The molecular formula is C28H28N2O. The Hall–Kier alpha value is -3.33. The van der Waals surface area contributed by atoms with E-state index in [0.29, 0.717) is 5.88 Å². The van der Waals surface area contributed by atoms with Gasteiger partial charge in [0.05, 0.1) is 11.4 Å². The van der Waals surface area contributed by atoms with Gasteiger partial charge in [-0.2, -0.15) is 0 Å². The van der Waals surface area contributed by atoms with E-state index in [9.17, 15) is 0 Å². The number of hydrogen-bond acceptors (Lipinski definition) is 3. The Morgan fingerprint density at radius 3 is 2.26 bits per heavy atom. The summed E-state index contributed by atoms with van der Waals surface area (Å²) in [5.74, 6) is 1.48. The van der Waals surface area contributed by atoms with Crippen molar-refractivity contribution in [3.8, 4) is 11.6 Å². The summed E-state index contributed by atoms with van der Waals surface area (Å²) in [4.78, 5) is 6.89. The van der Waals surface area contributed by atoms with Gasteiger partial charge in [0.1, 0.15) is 5.69 Å². The average Bonchev–Trinajstić information content (AvgIpc) is 2.71. The van der Waals surface area contributed by atoms with E-state index in [-0.39, 0.29) is 5.41 Å². The van der Waals surface area contributed by atoms with Crippen LogP contribution in [0.4, 0.5) is 17.1 Å². The van der Waals surface area contributed by atoms with Gasteiger partial charge in [0.25, 0.3) is 0 Å². The molecule has 0 aliphatic carbocycles. The third kappa shape index (κ3) is 3.16. The topological polar surface area (TPSA) is 25.4 Å². The molecule has 5 rings (SSSR count). The van der Waals surface area contributed by atoms with E-state index >= 15 is 0 Å². The van der Waals surface area contributed by atoms with Crippen molar-refractivity contribution in [3.05, 3.63) is 83.0 Å². The number of benzene rings is 3. The fraction of sp³-hybridized carbons (Fsp3) is 0.250. The van der Waals surface area contributed by atoms with Crippen molar-refractivity contribution in [1.82, 2.24) is 4.98 Å². The molecule has 3 heteroatoms. The van der Waals surface area contributed by atoms with E-state index in [1.165, 1.54) is 38.7 Å². The molecular weight excluding hydrogens is 380 g/mol. The lowest BCUT2D eigenvalue weighted by atomic mass is 9.84. The van der Waals surface area contributed by atoms with Crippen LogP contribution in [0.3, 0.4) is 0 Å². The lowest BCUT2D eigenvalue weighted by Crippen LogP contribution is -2.20. The van der Waals surface area contributed by atoms with Gasteiger partial charge in [0.15, 0.2) is 5.75 Å². The first-order valence-electron chi connectivity index (χ1n) is 10.8. The van der Waals surface area contributed by atoms with Crippen LogP contribution in [0.5, 0.6) is 11.6 Å². The van der Waals surface area contributed by atoms with Crippen LogP contribution < -0.4 is 9.64 Å². The van der Waals surface area contributed by atoms with Crippen LogP contribution in [-0.2, 0) is 5.41 Å². The molecule has 0 radical (unpaired) electrons. The van der Waals surface area contributed by atoms with Gasteiger partial charge < -0.3 is 9.64 Å². The van der Waals surface area contributed by atoms with Crippen LogP contribution in [0.1, 0.15) is 43.0 Å². The second-order valence-corrected chi connectivity index (χ2v) is 9.61. The molecule has 1 aliphatic heterocycles. The minimum absolute atomic E-state index is 0.0975. The van der Waals surface area contributed by atoms with E-state index in [1.54, 1.807) is 6.20 Å². The molecule has 3 nitrogen and oxygen atoms in total. The Bertz CT molecular complexity index is 1310. The van der Waals surface area contributed by atoms with Crippen molar-refractivity contribution >= 4 is 27.8 Å². The zero-order valence-corrected chi connectivity index (χ0v) is 19.1. The molecule has 0 unspecified atom stereocenters. The number of aromatic nitrogens is 1. The van der Waals surface area contributed by atoms with Crippen molar-refractivity contribution in [2.75, 3.05) is 4.90 Å². The summed E-state index contributed by atoms with van der Waals surface area (Å²) in [6.07, 6.45) is 1.79. The lowest BCUT2D eigenvalue weighted by molar-refractivity contribution is 0.458. The van der Waals surface area contributed by atoms with Gasteiger partial charge in [-0.05, 0) is 72.5 Å². The van der Waals surface area contributed by atoms with Gasteiger partial charge >= 0.3 is 0 Å². The van der Waals surface area contributed by atoms with Gasteiger partial charge in [0, 0.05) is 11.6 Å². The summed E-state index contributed by atoms with van der Waals surface area (Å²) < 4.78 is 6.28. The van der Waals surface area contributed by atoms with Gasteiger partial charge in [0.2, 0.25) is 5.88 Å². The molecule has 0 saturated heterocycles. The molecule has 0 amide bonds. The fourth-order valence-electron chi connectivity index (χ4n) is 4.54. The molecule has 0 bridgehead atoms. The monoisotopic (exact) mass is 408 g/mol. The largest absolute Gasteiger partial charge is 0.435 e. The van der Waals surface area contributed by atoms with E-state index in [1.807, 2.05) is 6.07 Å². The Balaban J connectivity index is 1.85. The highest BCUT2D eigenvalue weighted by atomic mass is 16.5. The summed E-state index contributed by atoms with van der Waals surface area (Å²) in [5.41, 5.74) is 8.42. The Morgan fingerprint density at radius 2 is 1.55 bits per heavy atom. The van der Waals surface area contributed by atoms with E-state index in [2.05, 4.69) is 100.0 Å². The van der Waals surface area contributed by atoms with Crippen LogP contribution in [0, 0.1) is 20.8 Å². The van der Waals surface area contributed by atoms with E-state index in [4.69, 9.17) is 4.74 Å². The van der Waals surface area contributed by atoms with Crippen molar-refractivity contribution in [3.63, 3.8) is 0 Å². The average molecular weight is 409 g/mol. The Morgan fingerprint density at radius 1 is 0.839 bits per heavy atom. The number of anilines is 3. The van der Waals surface area contributed by atoms with Crippen LogP contribution in [-0.4, -0.2) is 4.98 Å². The number of ether oxygens (including phenoxy) is 1. The SMILES string of the molecule is Cc1ccc2ccc3c(c2c1)N(c1c(C)cc(C(C)(C)C)cc1C)c1cccnc1O3. The molecule has 1 aromatic heterocycles. The fourth-order valence-corrected chi connectivity index (χ4v) is 4.54. The number of rotatable bonds is 1. The predicted molar refractivity (Wildman–Crippen MR) is 129 cm³/mol. The van der Waals surface area contributed by atoms with Crippen molar-refractivity contribution in [2.45, 2.75) is 47.0 Å². The minimum atomic E-state index is 0.0975. The molecule has 0 fully saturated rings. The molecule has 0 N–H and O–H groups in total. The maximum absolute atomic E-state index is 6.28. The van der Waals surface area contributed by atoms with Gasteiger partial charge in [-0.15, -0.1) is 0 Å². The summed E-state index contributed by atoms with van der Waals surface area (Å²) in [6.45, 7) is 13.3. The Labute approximate surface area is 184 Å². The van der Waals surface area contributed by atoms with Crippen molar-refractivity contribution in [2.24, 2.45) is 0 Å². The van der Waals surface area contributed by atoms with Crippen LogP contribution in [0.15, 0.2) is 60.8 Å². The highest BCUT2D eigenvalue weighted by molar-refractivity contribution is 6.04. The summed E-state index contributed by atoms with van der Waals surface area (Å²) >= 11 is 0. The molecule has 0 spiro atoms. The maximum Gasteiger partial charge on any atom is 0.243 e. The summed E-state index contributed by atoms with van der Waals surface area (Å²) in [7, 11) is 0. The molecule has 0 atom stereocenters. The molecule has 2 heterocycles. The first-order valence-corrected chi connectivity index (χ1v) is 10.8. The second-order valence-electron chi connectivity index (χ2n) is 9.61. The molecule has 0 saturated carbocycles. The third-order valence-electron chi connectivity index (χ3n) is 6.11. The normalized spacial score (nSPS) is 13.0. The number of nitrogens with zero attached hydrogens (tertiary/aromatic N) is 2. The van der Waals surface area contributed by atoms with E-state index < -0.39 is 0 Å². The molecule has 156 valence electrons. The maximum atomic E-state index is 6.28. The van der Waals surface area contributed by atoms with Gasteiger partial charge in [-0.1, -0.05) is 56.7 Å². The van der Waals surface area contributed by atoms with Crippen LogP contribution >= 0.6 is 0 Å².